The van der Waals surface area contributed by atoms with Crippen LogP contribution in [-0.4, -0.2) is 48.6 Å². The molecule has 3 nitrogen and oxygen atoms in total. The Balaban J connectivity index is 1.75. The van der Waals surface area contributed by atoms with E-state index in [1.807, 2.05) is 0 Å². The van der Waals surface area contributed by atoms with Gasteiger partial charge in [0.05, 0.1) is 0 Å². The summed E-state index contributed by atoms with van der Waals surface area (Å²) in [6.07, 6.45) is 6.37. The Kier molecular flexibility index (Phi) is 4.63. The van der Waals surface area contributed by atoms with Gasteiger partial charge in [0, 0.05) is 37.8 Å². The molecule has 116 valence electrons. The van der Waals surface area contributed by atoms with Crippen molar-refractivity contribution in [3.8, 4) is 0 Å². The Labute approximate surface area is 129 Å². The van der Waals surface area contributed by atoms with Crippen LogP contribution < -0.4 is 5.73 Å². The van der Waals surface area contributed by atoms with Gasteiger partial charge in [0.25, 0.3) is 0 Å². The maximum absolute atomic E-state index is 6.71. The highest BCUT2D eigenvalue weighted by molar-refractivity contribution is 5.20. The maximum Gasteiger partial charge on any atom is 0.0476 e. The summed E-state index contributed by atoms with van der Waals surface area (Å²) in [4.78, 5) is 5.08. The fraction of sp³-hybridized carbons (Fsp3) is 0.667. The summed E-state index contributed by atoms with van der Waals surface area (Å²) in [7, 11) is 2.23. The molecule has 0 amide bonds. The molecular formula is C18H29N3. The normalized spacial score (nSPS) is 27.6. The number of benzene rings is 1. The summed E-state index contributed by atoms with van der Waals surface area (Å²) in [5.74, 6) is 0. The molecule has 1 saturated carbocycles. The standard InChI is InChI=1S/C18H29N3/c1-20-12-13-21(15-18(19)10-6-3-7-11-18)17(14-20)16-8-4-2-5-9-16/h2,4-5,8-9,17H,3,6-7,10-15,19H2,1H3. The molecule has 1 aliphatic heterocycles. The van der Waals surface area contributed by atoms with E-state index in [4.69, 9.17) is 5.73 Å². The van der Waals surface area contributed by atoms with Crippen molar-refractivity contribution in [1.82, 2.24) is 9.80 Å². The average molecular weight is 287 g/mol. The summed E-state index contributed by atoms with van der Waals surface area (Å²) in [6, 6.07) is 11.4. The van der Waals surface area contributed by atoms with Crippen molar-refractivity contribution in [2.45, 2.75) is 43.7 Å². The lowest BCUT2D eigenvalue weighted by Gasteiger charge is -2.45. The van der Waals surface area contributed by atoms with Crippen LogP contribution in [0.15, 0.2) is 30.3 Å². The number of rotatable bonds is 3. The van der Waals surface area contributed by atoms with Crippen molar-refractivity contribution >= 4 is 0 Å². The summed E-state index contributed by atoms with van der Waals surface area (Å²) < 4.78 is 0. The quantitative estimate of drug-likeness (QED) is 0.927. The predicted molar refractivity (Wildman–Crippen MR) is 88.3 cm³/mol. The van der Waals surface area contributed by atoms with Crippen molar-refractivity contribution in [2.75, 3.05) is 33.2 Å². The zero-order chi connectivity index (χ0) is 14.7. The lowest BCUT2D eigenvalue weighted by Crippen LogP contribution is -2.56. The van der Waals surface area contributed by atoms with Crippen LogP contribution in [0.1, 0.15) is 43.7 Å². The van der Waals surface area contributed by atoms with Gasteiger partial charge in [-0.05, 0) is 25.5 Å². The van der Waals surface area contributed by atoms with Gasteiger partial charge in [-0.3, -0.25) is 4.90 Å². The van der Waals surface area contributed by atoms with Crippen LogP contribution >= 0.6 is 0 Å². The molecule has 3 heteroatoms. The zero-order valence-electron chi connectivity index (χ0n) is 13.3. The second-order valence-electron chi connectivity index (χ2n) is 7.08. The largest absolute Gasteiger partial charge is 0.324 e. The minimum Gasteiger partial charge on any atom is -0.324 e. The first-order valence-corrected chi connectivity index (χ1v) is 8.43. The molecule has 21 heavy (non-hydrogen) atoms. The predicted octanol–water partition coefficient (Wildman–Crippen LogP) is 2.64. The van der Waals surface area contributed by atoms with Gasteiger partial charge in [0.15, 0.2) is 0 Å². The van der Waals surface area contributed by atoms with Crippen molar-refractivity contribution in [3.63, 3.8) is 0 Å². The molecule has 0 bridgehead atoms. The number of nitrogens with zero attached hydrogens (tertiary/aromatic N) is 2. The number of piperazine rings is 1. The lowest BCUT2D eigenvalue weighted by atomic mass is 9.81. The van der Waals surface area contributed by atoms with Crippen LogP contribution in [0.25, 0.3) is 0 Å². The first kappa shape index (κ1) is 15.0. The fourth-order valence-corrected chi connectivity index (χ4v) is 3.96. The van der Waals surface area contributed by atoms with E-state index in [1.54, 1.807) is 0 Å². The number of hydrogen-bond donors (Lipinski definition) is 1. The van der Waals surface area contributed by atoms with E-state index < -0.39 is 0 Å². The molecule has 2 aliphatic rings. The third kappa shape index (κ3) is 3.65. The van der Waals surface area contributed by atoms with Crippen LogP contribution in [0, 0.1) is 0 Å². The van der Waals surface area contributed by atoms with Crippen molar-refractivity contribution in [3.05, 3.63) is 35.9 Å². The van der Waals surface area contributed by atoms with E-state index in [0.717, 1.165) is 26.2 Å². The van der Waals surface area contributed by atoms with Gasteiger partial charge >= 0.3 is 0 Å². The summed E-state index contributed by atoms with van der Waals surface area (Å²) in [6.45, 7) is 4.45. The molecule has 2 N–H and O–H groups in total. The molecule has 1 aromatic rings. The van der Waals surface area contributed by atoms with Gasteiger partial charge in [-0.15, -0.1) is 0 Å². The Morgan fingerprint density at radius 3 is 2.52 bits per heavy atom. The summed E-state index contributed by atoms with van der Waals surface area (Å²) in [5, 5.41) is 0. The Bertz CT molecular complexity index is 439. The molecule has 1 heterocycles. The average Bonchev–Trinajstić information content (AvgIpc) is 2.50. The molecule has 1 aromatic carbocycles. The van der Waals surface area contributed by atoms with E-state index in [9.17, 15) is 0 Å². The first-order chi connectivity index (χ1) is 10.2. The summed E-state index contributed by atoms with van der Waals surface area (Å²) >= 11 is 0. The molecule has 0 aromatic heterocycles. The molecule has 1 unspecified atom stereocenters. The molecule has 2 fully saturated rings. The molecule has 1 saturated heterocycles. The van der Waals surface area contributed by atoms with Crippen molar-refractivity contribution in [2.24, 2.45) is 5.73 Å². The number of hydrogen-bond acceptors (Lipinski definition) is 3. The third-order valence-corrected chi connectivity index (χ3v) is 5.25. The van der Waals surface area contributed by atoms with E-state index in [-0.39, 0.29) is 5.54 Å². The smallest absolute Gasteiger partial charge is 0.0476 e. The monoisotopic (exact) mass is 287 g/mol. The highest BCUT2D eigenvalue weighted by Crippen LogP contribution is 2.31. The Morgan fingerprint density at radius 2 is 1.81 bits per heavy atom. The van der Waals surface area contributed by atoms with Gasteiger partial charge in [0.1, 0.15) is 0 Å². The van der Waals surface area contributed by atoms with Crippen LogP contribution in [0.4, 0.5) is 0 Å². The van der Waals surface area contributed by atoms with Gasteiger partial charge < -0.3 is 10.6 Å². The van der Waals surface area contributed by atoms with E-state index in [0.29, 0.717) is 6.04 Å². The molecule has 0 radical (unpaired) electrons. The Morgan fingerprint density at radius 1 is 1.10 bits per heavy atom. The van der Waals surface area contributed by atoms with E-state index in [1.165, 1.54) is 37.7 Å². The maximum atomic E-state index is 6.71. The highest BCUT2D eigenvalue weighted by atomic mass is 15.3. The molecule has 1 atom stereocenters. The molecular weight excluding hydrogens is 258 g/mol. The van der Waals surface area contributed by atoms with Crippen LogP contribution in [-0.2, 0) is 0 Å². The molecule has 0 spiro atoms. The topological polar surface area (TPSA) is 32.5 Å². The first-order valence-electron chi connectivity index (χ1n) is 8.43. The van der Waals surface area contributed by atoms with Gasteiger partial charge in [0.2, 0.25) is 0 Å². The highest BCUT2D eigenvalue weighted by Gasteiger charge is 2.34. The second kappa shape index (κ2) is 6.47. The van der Waals surface area contributed by atoms with Crippen LogP contribution in [0.3, 0.4) is 0 Å². The summed E-state index contributed by atoms with van der Waals surface area (Å²) in [5.41, 5.74) is 8.19. The van der Waals surface area contributed by atoms with Gasteiger partial charge in [-0.1, -0.05) is 49.6 Å². The minimum absolute atomic E-state index is 0.0428. The second-order valence-corrected chi connectivity index (χ2v) is 7.08. The van der Waals surface area contributed by atoms with E-state index in [2.05, 4.69) is 47.2 Å². The van der Waals surface area contributed by atoms with Gasteiger partial charge in [-0.25, -0.2) is 0 Å². The van der Waals surface area contributed by atoms with Crippen molar-refractivity contribution < 1.29 is 0 Å². The van der Waals surface area contributed by atoms with Crippen molar-refractivity contribution in [1.29, 1.82) is 0 Å². The SMILES string of the molecule is CN1CCN(CC2(N)CCCCC2)C(c2ccccc2)C1. The number of nitrogens with two attached hydrogens (primary N) is 1. The van der Waals surface area contributed by atoms with Crippen LogP contribution in [0.2, 0.25) is 0 Å². The molecule has 3 rings (SSSR count). The lowest BCUT2D eigenvalue weighted by molar-refractivity contribution is 0.0595. The van der Waals surface area contributed by atoms with Crippen LogP contribution in [0.5, 0.6) is 0 Å². The molecule has 1 aliphatic carbocycles. The fourth-order valence-electron chi connectivity index (χ4n) is 3.96. The number of likely N-dealkylation sites (N-methyl/N-ethyl adjacent to an activating group) is 1. The third-order valence-electron chi connectivity index (χ3n) is 5.25. The Hall–Kier alpha value is -0.900. The minimum atomic E-state index is 0.0428. The zero-order valence-corrected chi connectivity index (χ0v) is 13.3. The van der Waals surface area contributed by atoms with Gasteiger partial charge in [-0.2, -0.15) is 0 Å². The van der Waals surface area contributed by atoms with E-state index >= 15 is 0 Å².